The normalized spacial score (nSPS) is 28.1. The van der Waals surface area contributed by atoms with E-state index in [1.807, 2.05) is 0 Å². The van der Waals surface area contributed by atoms with E-state index < -0.39 is 11.9 Å². The van der Waals surface area contributed by atoms with Gasteiger partial charge in [0.1, 0.15) is 0 Å². The lowest BCUT2D eigenvalue weighted by Gasteiger charge is -2.35. The van der Waals surface area contributed by atoms with Crippen molar-refractivity contribution in [1.29, 1.82) is 0 Å². The van der Waals surface area contributed by atoms with Crippen molar-refractivity contribution in [2.45, 2.75) is 44.6 Å². The highest BCUT2D eigenvalue weighted by atomic mass is 16.4. The molecule has 3 N–H and O–H groups in total. The van der Waals surface area contributed by atoms with Crippen LogP contribution < -0.4 is 5.32 Å². The summed E-state index contributed by atoms with van der Waals surface area (Å²) in [5.41, 5.74) is 0. The van der Waals surface area contributed by atoms with E-state index in [1.165, 1.54) is 0 Å². The van der Waals surface area contributed by atoms with E-state index in [1.54, 1.807) is 4.90 Å². The van der Waals surface area contributed by atoms with Gasteiger partial charge in [-0.1, -0.05) is 12.8 Å². The molecule has 0 aromatic heterocycles. The van der Waals surface area contributed by atoms with Gasteiger partial charge in [0.25, 0.3) is 0 Å². The van der Waals surface area contributed by atoms with Crippen LogP contribution >= 0.6 is 0 Å². The van der Waals surface area contributed by atoms with Crippen molar-refractivity contribution in [1.82, 2.24) is 10.2 Å². The van der Waals surface area contributed by atoms with Gasteiger partial charge in [0, 0.05) is 25.7 Å². The third-order valence-electron chi connectivity index (χ3n) is 4.55. The van der Waals surface area contributed by atoms with E-state index in [9.17, 15) is 14.7 Å². The summed E-state index contributed by atoms with van der Waals surface area (Å²) < 4.78 is 0. The molecule has 2 unspecified atom stereocenters. The minimum atomic E-state index is -0.811. The van der Waals surface area contributed by atoms with Gasteiger partial charge >= 0.3 is 12.0 Å². The quantitative estimate of drug-likeness (QED) is 0.722. The van der Waals surface area contributed by atoms with Crippen molar-refractivity contribution in [3.8, 4) is 0 Å². The van der Waals surface area contributed by atoms with Crippen LogP contribution in [0.4, 0.5) is 4.79 Å². The predicted molar refractivity (Wildman–Crippen MR) is 73.3 cm³/mol. The number of aliphatic hydroxyl groups excluding tert-OH is 1. The molecule has 2 rings (SSSR count). The molecule has 2 amide bonds. The zero-order valence-corrected chi connectivity index (χ0v) is 11.8. The molecule has 114 valence electrons. The number of carboxylic acids is 1. The van der Waals surface area contributed by atoms with Crippen molar-refractivity contribution in [2.75, 3.05) is 19.7 Å². The summed E-state index contributed by atoms with van der Waals surface area (Å²) in [4.78, 5) is 25.1. The number of nitrogens with zero attached hydrogens (tertiary/aromatic N) is 1. The molecule has 1 saturated heterocycles. The van der Waals surface area contributed by atoms with Gasteiger partial charge in [-0.05, 0) is 31.6 Å². The van der Waals surface area contributed by atoms with Crippen molar-refractivity contribution >= 4 is 12.0 Å². The fourth-order valence-corrected chi connectivity index (χ4v) is 3.17. The first-order valence-electron chi connectivity index (χ1n) is 7.51. The van der Waals surface area contributed by atoms with E-state index in [0.29, 0.717) is 25.4 Å². The Kier molecular flexibility index (Phi) is 5.23. The number of nitrogens with one attached hydrogen (secondary N) is 1. The Hall–Kier alpha value is -1.30. The Morgan fingerprint density at radius 2 is 1.75 bits per heavy atom. The molecule has 0 aromatic carbocycles. The summed E-state index contributed by atoms with van der Waals surface area (Å²) in [7, 11) is 0. The largest absolute Gasteiger partial charge is 0.481 e. The van der Waals surface area contributed by atoms with Gasteiger partial charge in [0.05, 0.1) is 5.92 Å². The Morgan fingerprint density at radius 1 is 1.10 bits per heavy atom. The van der Waals surface area contributed by atoms with Crippen LogP contribution in [0.3, 0.4) is 0 Å². The lowest BCUT2D eigenvalue weighted by Crippen LogP contribution is -2.52. The highest BCUT2D eigenvalue weighted by Crippen LogP contribution is 2.25. The number of hydrogen-bond acceptors (Lipinski definition) is 3. The van der Waals surface area contributed by atoms with E-state index in [-0.39, 0.29) is 18.7 Å². The van der Waals surface area contributed by atoms with Crippen molar-refractivity contribution in [2.24, 2.45) is 11.8 Å². The molecular formula is C14H24N2O4. The zero-order chi connectivity index (χ0) is 14.5. The monoisotopic (exact) mass is 284 g/mol. The Bertz CT molecular complexity index is 353. The maximum Gasteiger partial charge on any atom is 0.317 e. The minimum Gasteiger partial charge on any atom is -0.481 e. The highest BCUT2D eigenvalue weighted by Gasteiger charge is 2.33. The molecule has 2 fully saturated rings. The number of rotatable bonds is 3. The molecule has 0 bridgehead atoms. The van der Waals surface area contributed by atoms with Crippen LogP contribution in [0.15, 0.2) is 0 Å². The molecule has 6 heteroatoms. The summed E-state index contributed by atoms with van der Waals surface area (Å²) in [5.74, 6) is -0.975. The van der Waals surface area contributed by atoms with Gasteiger partial charge in [0.15, 0.2) is 0 Å². The molecule has 1 heterocycles. The van der Waals surface area contributed by atoms with E-state index in [4.69, 9.17) is 5.11 Å². The molecule has 20 heavy (non-hydrogen) atoms. The second kappa shape index (κ2) is 6.92. The minimum absolute atomic E-state index is 0.153. The van der Waals surface area contributed by atoms with Crippen LogP contribution in [0.1, 0.15) is 38.5 Å². The Morgan fingerprint density at radius 3 is 2.35 bits per heavy atom. The van der Waals surface area contributed by atoms with Crippen LogP contribution in [-0.2, 0) is 4.79 Å². The summed E-state index contributed by atoms with van der Waals surface area (Å²) in [6, 6.07) is -0.399. The predicted octanol–water partition coefficient (Wildman–Crippen LogP) is 1.04. The molecule has 2 aliphatic rings. The first kappa shape index (κ1) is 15.1. The molecule has 0 aromatic rings. The molecule has 1 saturated carbocycles. The van der Waals surface area contributed by atoms with Gasteiger partial charge < -0.3 is 20.4 Å². The smallest absolute Gasteiger partial charge is 0.317 e. The molecule has 6 nitrogen and oxygen atoms in total. The lowest BCUT2D eigenvalue weighted by molar-refractivity contribution is -0.143. The third-order valence-corrected chi connectivity index (χ3v) is 4.55. The van der Waals surface area contributed by atoms with E-state index in [2.05, 4.69) is 5.32 Å². The fraction of sp³-hybridized carbons (Fsp3) is 0.857. The Balaban J connectivity index is 1.85. The SMILES string of the molecule is O=C(O)C1CCCCC1NC(=O)N1CCC(CO)CC1. The average Bonchev–Trinajstić information content (AvgIpc) is 2.47. The number of carboxylic acid groups (broad SMARTS) is 1. The van der Waals surface area contributed by atoms with Gasteiger partial charge in [-0.15, -0.1) is 0 Å². The third kappa shape index (κ3) is 3.62. The molecule has 0 spiro atoms. The fourth-order valence-electron chi connectivity index (χ4n) is 3.17. The average molecular weight is 284 g/mol. The number of likely N-dealkylation sites (tertiary alicyclic amines) is 1. The molecule has 1 aliphatic heterocycles. The molecule has 0 radical (unpaired) electrons. The topological polar surface area (TPSA) is 89.9 Å². The maximum absolute atomic E-state index is 12.2. The van der Waals surface area contributed by atoms with Crippen molar-refractivity contribution in [3.05, 3.63) is 0 Å². The second-order valence-corrected chi connectivity index (χ2v) is 5.90. The van der Waals surface area contributed by atoms with Gasteiger partial charge in [-0.3, -0.25) is 4.79 Å². The Labute approximate surface area is 119 Å². The van der Waals surface area contributed by atoms with E-state index in [0.717, 1.165) is 32.1 Å². The summed E-state index contributed by atoms with van der Waals surface area (Å²) >= 11 is 0. The second-order valence-electron chi connectivity index (χ2n) is 5.90. The zero-order valence-electron chi connectivity index (χ0n) is 11.8. The molecular weight excluding hydrogens is 260 g/mol. The van der Waals surface area contributed by atoms with Gasteiger partial charge in [0.2, 0.25) is 0 Å². The van der Waals surface area contributed by atoms with Crippen molar-refractivity contribution in [3.63, 3.8) is 0 Å². The number of urea groups is 1. The molecule has 1 aliphatic carbocycles. The first-order valence-corrected chi connectivity index (χ1v) is 7.51. The molecule has 2 atom stereocenters. The van der Waals surface area contributed by atoms with Crippen LogP contribution in [0.2, 0.25) is 0 Å². The van der Waals surface area contributed by atoms with Crippen molar-refractivity contribution < 1.29 is 19.8 Å². The van der Waals surface area contributed by atoms with Crippen LogP contribution in [-0.4, -0.2) is 52.9 Å². The van der Waals surface area contributed by atoms with Crippen LogP contribution in [0.5, 0.6) is 0 Å². The number of aliphatic carboxylic acids is 1. The first-order chi connectivity index (χ1) is 9.61. The highest BCUT2D eigenvalue weighted by molar-refractivity contribution is 5.77. The van der Waals surface area contributed by atoms with Crippen LogP contribution in [0.25, 0.3) is 0 Å². The summed E-state index contributed by atoms with van der Waals surface area (Å²) in [5, 5.41) is 21.2. The standard InChI is InChI=1S/C14H24N2O4/c17-9-10-5-7-16(8-6-10)14(20)15-12-4-2-1-3-11(12)13(18)19/h10-12,17H,1-9H2,(H,15,20)(H,18,19). The number of aliphatic hydroxyl groups is 1. The van der Waals surface area contributed by atoms with E-state index >= 15 is 0 Å². The summed E-state index contributed by atoms with van der Waals surface area (Å²) in [6.07, 6.45) is 4.92. The maximum atomic E-state index is 12.2. The van der Waals surface area contributed by atoms with Gasteiger partial charge in [-0.25, -0.2) is 4.79 Å². The number of carbonyl (C=O) groups excluding carboxylic acids is 1. The summed E-state index contributed by atoms with van der Waals surface area (Å²) in [6.45, 7) is 1.46. The number of amides is 2. The number of hydrogen-bond donors (Lipinski definition) is 3. The lowest BCUT2D eigenvalue weighted by atomic mass is 9.84. The number of piperidine rings is 1. The number of carbonyl (C=O) groups is 2. The van der Waals surface area contributed by atoms with Crippen LogP contribution in [0, 0.1) is 11.8 Å². The van der Waals surface area contributed by atoms with Gasteiger partial charge in [-0.2, -0.15) is 0 Å².